The number of ether oxygens (including phenoxy) is 1. The number of alkyl halides is 1. The lowest BCUT2D eigenvalue weighted by molar-refractivity contribution is 0.126. The van der Waals surface area contributed by atoms with Gasteiger partial charge in [-0.05, 0) is 43.9 Å². The van der Waals surface area contributed by atoms with Crippen LogP contribution in [0.1, 0.15) is 50.5 Å². The molecule has 6 heteroatoms. The highest BCUT2D eigenvalue weighted by Crippen LogP contribution is 2.14. The molecule has 0 aliphatic heterocycles. The molecule has 0 unspecified atom stereocenters. The number of aromatic nitrogens is 2. The number of unbranched alkanes of at least 4 members (excludes halogenated alkanes) is 5. The zero-order valence-electron chi connectivity index (χ0n) is 15.5. The summed E-state index contributed by atoms with van der Waals surface area (Å²) in [5.74, 6) is 6.16. The van der Waals surface area contributed by atoms with E-state index in [1.54, 1.807) is 12.1 Å². The van der Waals surface area contributed by atoms with Gasteiger partial charge in [-0.25, -0.2) is 9.36 Å². The Labute approximate surface area is 168 Å². The van der Waals surface area contributed by atoms with Crippen LogP contribution in [0.15, 0.2) is 35.3 Å². The number of nitrogens with one attached hydrogen (secondary N) is 1. The molecule has 2 aromatic rings. The summed E-state index contributed by atoms with van der Waals surface area (Å²) >= 11 is 3.44. The number of nitrogens with zero attached hydrogens (tertiary/aromatic N) is 1. The molecular formula is C21H27BrN2O3. The first-order chi connectivity index (χ1) is 13.2. The standard InChI is InChI=1S/C21H27BrN2O3/c22-13-6-2-4-8-15-27-14-7-3-1-5-10-18-11-9-12-19(16-18)24-20(25)17-23-21(24)26/h9,11-12,16-17,25H,1-4,6-8,13-15H2,(H,23,26). The van der Waals surface area contributed by atoms with Crippen LogP contribution in [-0.4, -0.2) is 33.2 Å². The predicted molar refractivity (Wildman–Crippen MR) is 112 cm³/mol. The molecule has 1 heterocycles. The van der Waals surface area contributed by atoms with Gasteiger partial charge in [0.15, 0.2) is 0 Å². The van der Waals surface area contributed by atoms with Gasteiger partial charge < -0.3 is 14.8 Å². The second kappa shape index (κ2) is 12.4. The molecule has 0 fully saturated rings. The maximum atomic E-state index is 11.7. The van der Waals surface area contributed by atoms with Crippen molar-refractivity contribution in [3.05, 3.63) is 46.5 Å². The average Bonchev–Trinajstić information content (AvgIpc) is 3.01. The first kappa shape index (κ1) is 21.3. The summed E-state index contributed by atoms with van der Waals surface area (Å²) in [6, 6.07) is 7.27. The highest BCUT2D eigenvalue weighted by Gasteiger charge is 2.06. The first-order valence-electron chi connectivity index (χ1n) is 9.45. The van der Waals surface area contributed by atoms with Gasteiger partial charge in [-0.15, -0.1) is 0 Å². The Morgan fingerprint density at radius 2 is 1.89 bits per heavy atom. The van der Waals surface area contributed by atoms with Gasteiger partial charge in [-0.3, -0.25) is 0 Å². The summed E-state index contributed by atoms with van der Waals surface area (Å²) < 4.78 is 6.85. The summed E-state index contributed by atoms with van der Waals surface area (Å²) in [4.78, 5) is 14.2. The third-order valence-corrected chi connectivity index (χ3v) is 4.67. The van der Waals surface area contributed by atoms with Crippen LogP contribution >= 0.6 is 15.9 Å². The molecule has 0 bridgehead atoms. The van der Waals surface area contributed by atoms with Crippen LogP contribution in [-0.2, 0) is 4.74 Å². The molecule has 2 N–H and O–H groups in total. The lowest BCUT2D eigenvalue weighted by Gasteiger charge is -2.03. The summed E-state index contributed by atoms with van der Waals surface area (Å²) in [7, 11) is 0. The number of hydrogen-bond donors (Lipinski definition) is 2. The molecule has 0 saturated carbocycles. The third-order valence-electron chi connectivity index (χ3n) is 4.11. The van der Waals surface area contributed by atoms with Crippen LogP contribution in [0.2, 0.25) is 0 Å². The Bertz CT molecular complexity index is 801. The van der Waals surface area contributed by atoms with E-state index >= 15 is 0 Å². The van der Waals surface area contributed by atoms with E-state index in [0.29, 0.717) is 5.69 Å². The van der Waals surface area contributed by atoms with Gasteiger partial charge in [0, 0.05) is 30.5 Å². The van der Waals surface area contributed by atoms with Crippen LogP contribution in [0.5, 0.6) is 5.88 Å². The maximum absolute atomic E-state index is 11.7. The molecule has 27 heavy (non-hydrogen) atoms. The van der Waals surface area contributed by atoms with Crippen molar-refractivity contribution in [3.8, 4) is 23.4 Å². The fraction of sp³-hybridized carbons (Fsp3) is 0.476. The SMILES string of the molecule is O=c1[nH]cc(O)n1-c1cccc(C#CCCCCOCCCCCCBr)c1. The van der Waals surface area contributed by atoms with Crippen LogP contribution in [0.4, 0.5) is 0 Å². The van der Waals surface area contributed by atoms with Gasteiger partial charge in [-0.2, -0.15) is 0 Å². The molecular weight excluding hydrogens is 408 g/mol. The number of H-pyrrole nitrogens is 1. The van der Waals surface area contributed by atoms with Gasteiger partial charge in [0.2, 0.25) is 5.88 Å². The zero-order valence-corrected chi connectivity index (χ0v) is 17.1. The molecule has 1 aromatic heterocycles. The summed E-state index contributed by atoms with van der Waals surface area (Å²) in [5.41, 5.74) is 1.04. The number of imidazole rings is 1. The molecule has 0 aliphatic rings. The predicted octanol–water partition coefficient (Wildman–Crippen LogP) is 4.36. The lowest BCUT2D eigenvalue weighted by atomic mass is 10.2. The van der Waals surface area contributed by atoms with E-state index in [9.17, 15) is 9.90 Å². The molecule has 0 atom stereocenters. The minimum atomic E-state index is -0.374. The second-order valence-corrected chi connectivity index (χ2v) is 7.11. The van der Waals surface area contributed by atoms with Gasteiger partial charge in [0.1, 0.15) is 0 Å². The quantitative estimate of drug-likeness (QED) is 0.313. The van der Waals surface area contributed by atoms with Crippen molar-refractivity contribution in [2.75, 3.05) is 18.5 Å². The Hall–Kier alpha value is -1.97. The molecule has 0 spiro atoms. The Morgan fingerprint density at radius 1 is 1.11 bits per heavy atom. The van der Waals surface area contributed by atoms with Gasteiger partial charge in [-0.1, -0.05) is 46.7 Å². The van der Waals surface area contributed by atoms with Gasteiger partial charge >= 0.3 is 5.69 Å². The number of aromatic hydroxyl groups is 1. The highest BCUT2D eigenvalue weighted by molar-refractivity contribution is 9.09. The second-order valence-electron chi connectivity index (χ2n) is 6.31. The Morgan fingerprint density at radius 3 is 2.63 bits per heavy atom. The van der Waals surface area contributed by atoms with Gasteiger partial charge in [0.05, 0.1) is 11.9 Å². The first-order valence-corrected chi connectivity index (χ1v) is 10.6. The number of hydrogen-bond acceptors (Lipinski definition) is 3. The molecule has 0 radical (unpaired) electrons. The fourth-order valence-electron chi connectivity index (χ4n) is 2.67. The highest BCUT2D eigenvalue weighted by atomic mass is 79.9. The van der Waals surface area contributed by atoms with Crippen molar-refractivity contribution < 1.29 is 9.84 Å². The van der Waals surface area contributed by atoms with E-state index in [1.165, 1.54) is 30.0 Å². The molecule has 5 nitrogen and oxygen atoms in total. The normalized spacial score (nSPS) is 10.6. The molecule has 146 valence electrons. The number of aromatic amines is 1. The van der Waals surface area contributed by atoms with E-state index < -0.39 is 0 Å². The van der Waals surface area contributed by atoms with Crippen molar-refractivity contribution in [1.29, 1.82) is 0 Å². The molecule has 2 rings (SSSR count). The van der Waals surface area contributed by atoms with Crippen molar-refractivity contribution in [1.82, 2.24) is 9.55 Å². The van der Waals surface area contributed by atoms with Gasteiger partial charge in [0.25, 0.3) is 0 Å². The lowest BCUT2D eigenvalue weighted by Crippen LogP contribution is -2.14. The monoisotopic (exact) mass is 434 g/mol. The number of halogens is 1. The van der Waals surface area contributed by atoms with E-state index in [0.717, 1.165) is 49.8 Å². The van der Waals surface area contributed by atoms with Crippen LogP contribution < -0.4 is 5.69 Å². The van der Waals surface area contributed by atoms with Crippen molar-refractivity contribution in [2.45, 2.75) is 44.9 Å². The number of rotatable bonds is 11. The smallest absolute Gasteiger partial charge is 0.333 e. The Kier molecular flexibility index (Phi) is 9.81. The molecule has 0 aliphatic carbocycles. The minimum absolute atomic E-state index is 0.117. The van der Waals surface area contributed by atoms with Crippen molar-refractivity contribution in [2.24, 2.45) is 0 Å². The van der Waals surface area contributed by atoms with Crippen molar-refractivity contribution >= 4 is 15.9 Å². The summed E-state index contributed by atoms with van der Waals surface area (Å²) in [6.07, 6.45) is 9.00. The number of benzene rings is 1. The topological polar surface area (TPSA) is 67.2 Å². The largest absolute Gasteiger partial charge is 0.493 e. The average molecular weight is 435 g/mol. The van der Waals surface area contributed by atoms with Crippen molar-refractivity contribution in [3.63, 3.8) is 0 Å². The van der Waals surface area contributed by atoms with E-state index in [1.807, 2.05) is 12.1 Å². The summed E-state index contributed by atoms with van der Waals surface area (Å²) in [5, 5.41) is 10.8. The zero-order chi connectivity index (χ0) is 19.3. The van der Waals surface area contributed by atoms with E-state index in [2.05, 4.69) is 32.8 Å². The Balaban J connectivity index is 1.67. The maximum Gasteiger partial charge on any atom is 0.333 e. The molecule has 0 amide bonds. The molecule has 0 saturated heterocycles. The third kappa shape index (κ3) is 7.66. The minimum Gasteiger partial charge on any atom is -0.493 e. The summed E-state index contributed by atoms with van der Waals surface area (Å²) in [6.45, 7) is 1.65. The molecule has 1 aromatic carbocycles. The van der Waals surface area contributed by atoms with Crippen LogP contribution in [0.3, 0.4) is 0 Å². The van der Waals surface area contributed by atoms with E-state index in [4.69, 9.17) is 4.74 Å². The van der Waals surface area contributed by atoms with Crippen LogP contribution in [0, 0.1) is 11.8 Å². The van der Waals surface area contributed by atoms with E-state index in [-0.39, 0.29) is 11.6 Å². The fourth-order valence-corrected chi connectivity index (χ4v) is 3.06. The van der Waals surface area contributed by atoms with Crippen LogP contribution in [0.25, 0.3) is 5.69 Å².